The van der Waals surface area contributed by atoms with Gasteiger partial charge in [0, 0.05) is 6.08 Å². The van der Waals surface area contributed by atoms with Crippen molar-refractivity contribution in [2.45, 2.75) is 6.36 Å². The summed E-state index contributed by atoms with van der Waals surface area (Å²) in [6, 6.07) is 0. The Morgan fingerprint density at radius 3 is 2.14 bits per heavy atom. The lowest BCUT2D eigenvalue weighted by molar-refractivity contribution is -0.304. The fraction of sp³-hybridized carbons (Fsp3) is 0.250. The van der Waals surface area contributed by atoms with Crippen LogP contribution in [0.1, 0.15) is 0 Å². The highest BCUT2D eigenvalue weighted by Crippen LogP contribution is 2.24. The van der Waals surface area contributed by atoms with Crippen LogP contribution in [0.25, 0.3) is 0 Å². The molecule has 0 radical (unpaired) electrons. The second-order valence-electron chi connectivity index (χ2n) is 2.13. The first kappa shape index (κ1) is 12.5. The molecule has 0 aromatic heterocycles. The van der Waals surface area contributed by atoms with Crippen molar-refractivity contribution in [3.63, 3.8) is 0 Å². The average molecular weight is 212 g/mol. The highest BCUT2D eigenvalue weighted by atomic mass is 19.4. The SMILES string of the molecule is C=C(/C=C(/F)C(=C)OC(F)(F)F)OC. The van der Waals surface area contributed by atoms with E-state index in [0.717, 1.165) is 0 Å². The predicted octanol–water partition coefficient (Wildman–Crippen LogP) is 3.05. The normalized spacial score (nSPS) is 12.2. The summed E-state index contributed by atoms with van der Waals surface area (Å²) in [4.78, 5) is 0. The van der Waals surface area contributed by atoms with E-state index in [4.69, 9.17) is 0 Å². The molecule has 0 spiro atoms. The fourth-order valence-corrected chi connectivity index (χ4v) is 0.469. The van der Waals surface area contributed by atoms with Crippen LogP contribution in [0.3, 0.4) is 0 Å². The third-order valence-electron chi connectivity index (χ3n) is 1.06. The minimum absolute atomic E-state index is 0.144. The lowest BCUT2D eigenvalue weighted by Gasteiger charge is -2.09. The van der Waals surface area contributed by atoms with Crippen molar-refractivity contribution in [1.82, 2.24) is 0 Å². The fourth-order valence-electron chi connectivity index (χ4n) is 0.469. The second kappa shape index (κ2) is 4.69. The number of methoxy groups -OCH3 is 1. The van der Waals surface area contributed by atoms with Gasteiger partial charge in [0.25, 0.3) is 0 Å². The number of halogens is 4. The van der Waals surface area contributed by atoms with Gasteiger partial charge < -0.3 is 9.47 Å². The second-order valence-corrected chi connectivity index (χ2v) is 2.13. The minimum atomic E-state index is -4.96. The Balaban J connectivity index is 4.41. The molecule has 0 bridgehead atoms. The summed E-state index contributed by atoms with van der Waals surface area (Å²) < 4.78 is 55.0. The third-order valence-corrected chi connectivity index (χ3v) is 1.06. The van der Waals surface area contributed by atoms with Gasteiger partial charge >= 0.3 is 6.36 Å². The maximum atomic E-state index is 12.8. The van der Waals surface area contributed by atoms with Gasteiger partial charge in [-0.05, 0) is 0 Å². The van der Waals surface area contributed by atoms with E-state index >= 15 is 0 Å². The lowest BCUT2D eigenvalue weighted by Crippen LogP contribution is -2.12. The van der Waals surface area contributed by atoms with Crippen LogP contribution in [0.2, 0.25) is 0 Å². The smallest absolute Gasteiger partial charge is 0.497 e. The van der Waals surface area contributed by atoms with E-state index in [9.17, 15) is 17.6 Å². The van der Waals surface area contributed by atoms with Crippen LogP contribution in [-0.4, -0.2) is 13.5 Å². The lowest BCUT2D eigenvalue weighted by atomic mass is 10.4. The van der Waals surface area contributed by atoms with Gasteiger partial charge in [0.15, 0.2) is 11.6 Å². The van der Waals surface area contributed by atoms with Crippen molar-refractivity contribution < 1.29 is 27.0 Å². The number of hydrogen-bond donors (Lipinski definition) is 0. The maximum absolute atomic E-state index is 12.8. The molecule has 0 amide bonds. The van der Waals surface area contributed by atoms with E-state index in [1.54, 1.807) is 0 Å². The molecule has 0 rings (SSSR count). The number of hydrogen-bond acceptors (Lipinski definition) is 2. The topological polar surface area (TPSA) is 18.5 Å². The molecule has 0 aromatic carbocycles. The van der Waals surface area contributed by atoms with Crippen LogP contribution >= 0.6 is 0 Å². The largest absolute Gasteiger partial charge is 0.573 e. The zero-order valence-corrected chi connectivity index (χ0v) is 7.32. The van der Waals surface area contributed by atoms with Crippen molar-refractivity contribution in [2.24, 2.45) is 0 Å². The Bertz CT molecular complexity index is 265. The highest BCUT2D eigenvalue weighted by Gasteiger charge is 2.32. The van der Waals surface area contributed by atoms with Gasteiger partial charge in [-0.25, -0.2) is 4.39 Å². The molecule has 6 heteroatoms. The standard InChI is InChI=1S/C8H8F4O2/c1-5(13-3)4-7(9)6(2)14-8(10,11)12/h4H,1-2H2,3H3/b7-4+. The summed E-state index contributed by atoms with van der Waals surface area (Å²) in [6.07, 6.45) is -4.33. The van der Waals surface area contributed by atoms with Crippen molar-refractivity contribution in [3.8, 4) is 0 Å². The molecule has 0 fully saturated rings. The summed E-state index contributed by atoms with van der Waals surface area (Å²) in [6.45, 7) is 5.92. The third kappa shape index (κ3) is 5.23. The van der Waals surface area contributed by atoms with Gasteiger partial charge in [-0.1, -0.05) is 13.2 Å². The maximum Gasteiger partial charge on any atom is 0.573 e. The first-order valence-electron chi connectivity index (χ1n) is 3.31. The molecule has 0 saturated carbocycles. The van der Waals surface area contributed by atoms with E-state index in [1.807, 2.05) is 0 Å². The average Bonchev–Trinajstić information content (AvgIpc) is 2.00. The monoisotopic (exact) mass is 212 g/mol. The molecule has 80 valence electrons. The van der Waals surface area contributed by atoms with Gasteiger partial charge in [-0.2, -0.15) is 0 Å². The van der Waals surface area contributed by atoms with E-state index in [2.05, 4.69) is 22.6 Å². The van der Waals surface area contributed by atoms with Crippen molar-refractivity contribution in [3.05, 3.63) is 36.6 Å². The quantitative estimate of drug-likeness (QED) is 0.405. The van der Waals surface area contributed by atoms with Crippen LogP contribution < -0.4 is 0 Å². The van der Waals surface area contributed by atoms with E-state index < -0.39 is 17.9 Å². The van der Waals surface area contributed by atoms with E-state index in [-0.39, 0.29) is 5.76 Å². The molecule has 0 aliphatic carbocycles. The zero-order valence-electron chi connectivity index (χ0n) is 7.32. The Morgan fingerprint density at radius 1 is 1.29 bits per heavy atom. The van der Waals surface area contributed by atoms with Gasteiger partial charge in [0.1, 0.15) is 5.76 Å². The number of alkyl halides is 3. The first-order chi connectivity index (χ1) is 6.26. The van der Waals surface area contributed by atoms with E-state index in [1.165, 1.54) is 7.11 Å². The molecule has 2 nitrogen and oxygen atoms in total. The minimum Gasteiger partial charge on any atom is -0.497 e. The van der Waals surface area contributed by atoms with E-state index in [0.29, 0.717) is 6.08 Å². The molecule has 0 unspecified atom stereocenters. The summed E-state index contributed by atoms with van der Waals surface area (Å²) in [5.41, 5.74) is 0. The molecular weight excluding hydrogens is 204 g/mol. The molecule has 0 aliphatic heterocycles. The molecule has 14 heavy (non-hydrogen) atoms. The van der Waals surface area contributed by atoms with Crippen molar-refractivity contribution in [2.75, 3.05) is 7.11 Å². The Morgan fingerprint density at radius 2 is 1.79 bits per heavy atom. The Hall–Kier alpha value is -1.46. The van der Waals surface area contributed by atoms with Gasteiger partial charge in [-0.15, -0.1) is 13.2 Å². The molecule has 0 heterocycles. The Kier molecular flexibility index (Phi) is 4.20. The number of rotatable bonds is 4. The highest BCUT2D eigenvalue weighted by molar-refractivity contribution is 5.23. The molecule has 0 aromatic rings. The van der Waals surface area contributed by atoms with Crippen LogP contribution in [0.4, 0.5) is 17.6 Å². The summed E-state index contributed by atoms with van der Waals surface area (Å²) in [5.74, 6) is -2.58. The first-order valence-corrected chi connectivity index (χ1v) is 3.31. The molecule has 0 saturated heterocycles. The predicted molar refractivity (Wildman–Crippen MR) is 41.6 cm³/mol. The van der Waals surface area contributed by atoms with Crippen LogP contribution in [-0.2, 0) is 9.47 Å². The Labute approximate surface area is 78.1 Å². The van der Waals surface area contributed by atoms with Gasteiger partial charge in [0.05, 0.1) is 7.11 Å². The summed E-state index contributed by atoms with van der Waals surface area (Å²) in [7, 11) is 1.19. The van der Waals surface area contributed by atoms with Gasteiger partial charge in [-0.3, -0.25) is 0 Å². The van der Waals surface area contributed by atoms with Gasteiger partial charge in [0.2, 0.25) is 0 Å². The summed E-state index contributed by atoms with van der Waals surface area (Å²) in [5, 5.41) is 0. The molecule has 0 atom stereocenters. The van der Waals surface area contributed by atoms with Crippen molar-refractivity contribution in [1.29, 1.82) is 0 Å². The number of ether oxygens (including phenoxy) is 2. The van der Waals surface area contributed by atoms with Crippen LogP contribution in [0.15, 0.2) is 36.6 Å². The zero-order chi connectivity index (χ0) is 11.4. The van der Waals surface area contributed by atoms with Crippen molar-refractivity contribution >= 4 is 0 Å². The molecular formula is C8H8F4O2. The van der Waals surface area contributed by atoms with Crippen LogP contribution in [0.5, 0.6) is 0 Å². The van der Waals surface area contributed by atoms with Crippen LogP contribution in [0, 0.1) is 0 Å². The number of allylic oxidation sites excluding steroid dienone is 2. The summed E-state index contributed by atoms with van der Waals surface area (Å²) >= 11 is 0. The molecule has 0 N–H and O–H groups in total. The molecule has 0 aliphatic rings.